The molecule has 0 aromatic heterocycles. The molecule has 5 heterocycles. The van der Waals surface area contributed by atoms with Gasteiger partial charge in [0.25, 0.3) is 0 Å². The second-order valence-corrected chi connectivity index (χ2v) is 13.0. The monoisotopic (exact) mass is 548 g/mol. The molecule has 0 amide bonds. The van der Waals surface area contributed by atoms with Crippen molar-refractivity contribution in [2.24, 2.45) is 23.7 Å². The Bertz CT molecular complexity index is 1160. The lowest BCUT2D eigenvalue weighted by Gasteiger charge is -2.60. The van der Waals surface area contributed by atoms with Gasteiger partial charge in [0.2, 0.25) is 5.79 Å². The molecule has 6 aliphatic rings. The van der Waals surface area contributed by atoms with Crippen molar-refractivity contribution in [3.63, 3.8) is 0 Å². The number of anilines is 1. The Morgan fingerprint density at radius 3 is 2.38 bits per heavy atom. The molecule has 8 rings (SSSR count). The molecular weight excluding hydrogens is 504 g/mol. The van der Waals surface area contributed by atoms with Crippen LogP contribution in [-0.2, 0) is 37.1 Å². The van der Waals surface area contributed by atoms with E-state index in [0.717, 1.165) is 52.0 Å². The van der Waals surface area contributed by atoms with Crippen molar-refractivity contribution in [3.8, 4) is 0 Å². The van der Waals surface area contributed by atoms with E-state index in [4.69, 9.17) is 24.0 Å². The van der Waals surface area contributed by atoms with Gasteiger partial charge in [0, 0.05) is 56.7 Å². The van der Waals surface area contributed by atoms with Crippen LogP contribution in [0.2, 0.25) is 0 Å². The Morgan fingerprint density at radius 1 is 0.850 bits per heavy atom. The maximum Gasteiger partial charge on any atom is 0.201 e. The van der Waals surface area contributed by atoms with E-state index in [0.29, 0.717) is 18.4 Å². The van der Waals surface area contributed by atoms with E-state index in [2.05, 4.69) is 78.2 Å². The van der Waals surface area contributed by atoms with Gasteiger partial charge in [-0.3, -0.25) is 4.90 Å². The Hall–Kier alpha value is -2.00. The molecule has 5 saturated heterocycles. The summed E-state index contributed by atoms with van der Waals surface area (Å²) in [5, 5.41) is 0. The highest BCUT2D eigenvalue weighted by Crippen LogP contribution is 2.60. The topological polar surface area (TPSA) is 52.6 Å². The predicted molar refractivity (Wildman–Crippen MR) is 152 cm³/mol. The van der Waals surface area contributed by atoms with Crippen LogP contribution in [0.3, 0.4) is 0 Å². The van der Waals surface area contributed by atoms with E-state index in [1.807, 2.05) is 6.92 Å². The summed E-state index contributed by atoms with van der Waals surface area (Å²) >= 11 is 0. The lowest BCUT2D eigenvalue weighted by atomic mass is 9.58. The molecule has 40 heavy (non-hydrogen) atoms. The van der Waals surface area contributed by atoms with Crippen LogP contribution in [0, 0.1) is 23.7 Å². The van der Waals surface area contributed by atoms with Crippen molar-refractivity contribution in [3.05, 3.63) is 65.7 Å². The summed E-state index contributed by atoms with van der Waals surface area (Å²) in [6, 6.07) is 19.6. The average molecular weight is 549 g/mol. The molecule has 5 aliphatic heterocycles. The van der Waals surface area contributed by atoms with Crippen LogP contribution < -0.4 is 4.90 Å². The van der Waals surface area contributed by atoms with E-state index >= 15 is 0 Å². The zero-order valence-corrected chi connectivity index (χ0v) is 24.2. The van der Waals surface area contributed by atoms with Crippen LogP contribution in [0.5, 0.6) is 0 Å². The van der Waals surface area contributed by atoms with Gasteiger partial charge in [0.1, 0.15) is 0 Å². The van der Waals surface area contributed by atoms with E-state index in [-0.39, 0.29) is 18.1 Å². The minimum Gasteiger partial charge on any atom is -0.369 e. The fourth-order valence-corrected chi connectivity index (χ4v) is 8.04. The van der Waals surface area contributed by atoms with Gasteiger partial charge in [-0.1, -0.05) is 56.3 Å². The number of nitrogens with zero attached hydrogens (tertiary/aromatic N) is 2. The molecule has 6 fully saturated rings. The first-order valence-electron chi connectivity index (χ1n) is 15.4. The molecule has 0 radical (unpaired) electrons. The SMILES string of the molecule is C[C@@H]1CCC2[C@@H](C)[C@@H](OCc3ccc(CN4CCN(c5ccccc5)CC4)cc3)OC3O[C@]4(C)CC[C@@H]1[C@]32OO4. The summed E-state index contributed by atoms with van der Waals surface area (Å²) in [6.45, 7) is 12.4. The molecule has 1 spiro atoms. The van der Waals surface area contributed by atoms with Crippen molar-refractivity contribution in [1.82, 2.24) is 4.90 Å². The average Bonchev–Trinajstić information content (AvgIpc) is 3.21. The first-order valence-corrected chi connectivity index (χ1v) is 15.4. The van der Waals surface area contributed by atoms with E-state index in [9.17, 15) is 0 Å². The smallest absolute Gasteiger partial charge is 0.201 e. The summed E-state index contributed by atoms with van der Waals surface area (Å²) in [6.07, 6.45) is 3.35. The van der Waals surface area contributed by atoms with Crippen LogP contribution in [0.4, 0.5) is 5.69 Å². The number of hydrogen-bond acceptors (Lipinski definition) is 7. The first kappa shape index (κ1) is 26.9. The molecule has 8 atom stereocenters. The third-order valence-electron chi connectivity index (χ3n) is 10.4. The lowest BCUT2D eigenvalue weighted by Crippen LogP contribution is -2.70. The number of ether oxygens (including phenoxy) is 3. The van der Waals surface area contributed by atoms with Crippen LogP contribution in [0.1, 0.15) is 57.6 Å². The highest BCUT2D eigenvalue weighted by atomic mass is 17.3. The summed E-state index contributed by atoms with van der Waals surface area (Å²) in [5.74, 6) is 0.649. The Balaban J connectivity index is 0.957. The molecular formula is C33H44N2O5. The van der Waals surface area contributed by atoms with Crippen molar-refractivity contribution in [2.75, 3.05) is 31.1 Å². The second kappa shape index (κ2) is 10.7. The lowest BCUT2D eigenvalue weighted by molar-refractivity contribution is -0.577. The summed E-state index contributed by atoms with van der Waals surface area (Å²) < 4.78 is 19.5. The maximum atomic E-state index is 6.58. The predicted octanol–water partition coefficient (Wildman–Crippen LogP) is 5.73. The van der Waals surface area contributed by atoms with Gasteiger partial charge in [0.05, 0.1) is 6.61 Å². The van der Waals surface area contributed by atoms with Gasteiger partial charge in [-0.2, -0.15) is 0 Å². The maximum absolute atomic E-state index is 6.58. The number of hydrogen-bond donors (Lipinski definition) is 0. The number of benzene rings is 2. The van der Waals surface area contributed by atoms with E-state index in [1.54, 1.807) is 0 Å². The number of piperazine rings is 1. The zero-order valence-electron chi connectivity index (χ0n) is 24.2. The molecule has 216 valence electrons. The molecule has 1 saturated carbocycles. The summed E-state index contributed by atoms with van der Waals surface area (Å²) in [5.41, 5.74) is 3.29. The fraction of sp³-hybridized carbons (Fsp3) is 0.636. The molecule has 2 unspecified atom stereocenters. The van der Waals surface area contributed by atoms with Gasteiger partial charge >= 0.3 is 0 Å². The van der Waals surface area contributed by atoms with Gasteiger partial charge in [-0.05, 0) is 61.3 Å². The normalized spacial score (nSPS) is 39.5. The first-order chi connectivity index (χ1) is 19.4. The molecule has 1 aliphatic carbocycles. The summed E-state index contributed by atoms with van der Waals surface area (Å²) in [4.78, 5) is 17.2. The quantitative estimate of drug-likeness (QED) is 0.427. The number of para-hydroxylation sites is 1. The molecule has 2 aromatic carbocycles. The Labute approximate surface area is 238 Å². The van der Waals surface area contributed by atoms with Crippen LogP contribution >= 0.6 is 0 Å². The van der Waals surface area contributed by atoms with Crippen molar-refractivity contribution in [2.45, 2.75) is 83.6 Å². The third-order valence-corrected chi connectivity index (χ3v) is 10.4. The standard InChI is InChI=1S/C33H44N2O5/c1-23-9-14-29-24(2)30(37-31-33(29)28(23)15-16-32(3,38-31)39-40-33)36-22-26-12-10-25(11-13-26)21-34-17-19-35(20-18-34)27-7-5-4-6-8-27/h4-8,10-13,23-24,28-31H,9,14-22H2,1-3H3/t23-,24-,28+,29?,30+,31?,32+,33-/m1/s1. The Morgan fingerprint density at radius 2 is 1.60 bits per heavy atom. The fourth-order valence-electron chi connectivity index (χ4n) is 8.04. The van der Waals surface area contributed by atoms with E-state index in [1.165, 1.54) is 23.2 Å². The number of rotatable bonds is 6. The second-order valence-electron chi connectivity index (χ2n) is 13.0. The van der Waals surface area contributed by atoms with Crippen molar-refractivity contribution in [1.29, 1.82) is 0 Å². The molecule has 0 N–H and O–H groups in total. The van der Waals surface area contributed by atoms with Crippen LogP contribution in [0.15, 0.2) is 54.6 Å². The molecule has 7 heteroatoms. The third kappa shape index (κ3) is 4.79. The van der Waals surface area contributed by atoms with Gasteiger partial charge < -0.3 is 19.1 Å². The largest absolute Gasteiger partial charge is 0.369 e. The van der Waals surface area contributed by atoms with Crippen LogP contribution in [0.25, 0.3) is 0 Å². The minimum absolute atomic E-state index is 0.190. The molecule has 2 bridgehead atoms. The van der Waals surface area contributed by atoms with E-state index < -0.39 is 17.7 Å². The van der Waals surface area contributed by atoms with Gasteiger partial charge in [0.15, 0.2) is 18.2 Å². The van der Waals surface area contributed by atoms with Crippen molar-refractivity contribution >= 4 is 5.69 Å². The zero-order chi connectivity index (χ0) is 27.3. The van der Waals surface area contributed by atoms with Gasteiger partial charge in [-0.15, -0.1) is 0 Å². The molecule has 2 aromatic rings. The minimum atomic E-state index is -0.757. The highest BCUT2D eigenvalue weighted by molar-refractivity contribution is 5.46. The Kier molecular flexibility index (Phi) is 7.18. The summed E-state index contributed by atoms with van der Waals surface area (Å²) in [7, 11) is 0. The van der Waals surface area contributed by atoms with Crippen LogP contribution in [-0.4, -0.2) is 55.0 Å². The van der Waals surface area contributed by atoms with Crippen molar-refractivity contribution < 1.29 is 24.0 Å². The molecule has 7 nitrogen and oxygen atoms in total. The van der Waals surface area contributed by atoms with Gasteiger partial charge in [-0.25, -0.2) is 9.78 Å². The number of fused-ring (bicyclic) bond motifs is 2. The highest BCUT2D eigenvalue weighted by Gasteiger charge is 2.69.